The summed E-state index contributed by atoms with van der Waals surface area (Å²) in [6.07, 6.45) is 27.7. The zero-order valence-electron chi connectivity index (χ0n) is 22.3. The van der Waals surface area contributed by atoms with Gasteiger partial charge in [0.1, 0.15) is 0 Å². The molecule has 0 fully saturated rings. The fourth-order valence-electron chi connectivity index (χ4n) is 4.02. The highest BCUT2D eigenvalue weighted by Gasteiger charge is 1.98. The molecule has 0 aromatic rings. The summed E-state index contributed by atoms with van der Waals surface area (Å²) < 4.78 is 0. The highest BCUT2D eigenvalue weighted by atomic mass is 16.4. The van der Waals surface area contributed by atoms with Crippen LogP contribution in [0.15, 0.2) is 0 Å². The minimum Gasteiger partial charge on any atom is -0.481 e. The van der Waals surface area contributed by atoms with E-state index in [2.05, 4.69) is 0 Å². The molecule has 6 heteroatoms. The molecule has 6 nitrogen and oxygen atoms in total. The number of unbranched alkanes of at least 4 members (excludes halogenated alkanes) is 20. The van der Waals surface area contributed by atoms with Gasteiger partial charge in [0.15, 0.2) is 0 Å². The minimum atomic E-state index is -0.664. The van der Waals surface area contributed by atoms with Crippen molar-refractivity contribution in [3.63, 3.8) is 0 Å². The molecule has 0 amide bonds. The summed E-state index contributed by atoms with van der Waals surface area (Å²) in [5.74, 6) is -1.33. The summed E-state index contributed by atoms with van der Waals surface area (Å²) in [5.41, 5.74) is 10.9. The average Bonchev–Trinajstić information content (AvgIpc) is 2.80. The Morgan fingerprint density at radius 2 is 0.529 bits per heavy atom. The molecule has 0 unspecified atom stereocenters. The average molecular weight is 487 g/mol. The summed E-state index contributed by atoms with van der Waals surface area (Å²) in [4.78, 5) is 20.5. The summed E-state index contributed by atoms with van der Waals surface area (Å²) in [6.45, 7) is 1.66. The third kappa shape index (κ3) is 38.1. The number of hydrogen-bond acceptors (Lipinski definition) is 4. The third-order valence-corrected chi connectivity index (χ3v) is 6.19. The number of aliphatic carboxylic acids is 2. The fourth-order valence-corrected chi connectivity index (χ4v) is 4.02. The van der Waals surface area contributed by atoms with E-state index in [4.69, 9.17) is 21.7 Å². The fraction of sp³-hybridized carbons (Fsp3) is 0.929. The van der Waals surface area contributed by atoms with Gasteiger partial charge >= 0.3 is 11.9 Å². The van der Waals surface area contributed by atoms with Gasteiger partial charge in [0, 0.05) is 12.8 Å². The van der Waals surface area contributed by atoms with Crippen molar-refractivity contribution in [1.29, 1.82) is 0 Å². The summed E-state index contributed by atoms with van der Waals surface area (Å²) in [6, 6.07) is 0. The van der Waals surface area contributed by atoms with Crippen molar-refractivity contribution in [3.8, 4) is 0 Å². The van der Waals surface area contributed by atoms with Crippen molar-refractivity contribution in [2.24, 2.45) is 11.5 Å². The molecule has 0 aromatic heterocycles. The first kappa shape index (κ1) is 35.0. The van der Waals surface area contributed by atoms with Gasteiger partial charge in [-0.25, -0.2) is 0 Å². The van der Waals surface area contributed by atoms with E-state index in [0.717, 1.165) is 38.8 Å². The maximum atomic E-state index is 10.3. The van der Waals surface area contributed by atoms with Crippen LogP contribution in [0.2, 0.25) is 0 Å². The lowest BCUT2D eigenvalue weighted by molar-refractivity contribution is -0.138. The Hall–Kier alpha value is -1.14. The second kappa shape index (κ2) is 31.9. The maximum Gasteiger partial charge on any atom is 0.303 e. The van der Waals surface area contributed by atoms with Gasteiger partial charge in [-0.3, -0.25) is 9.59 Å². The zero-order valence-corrected chi connectivity index (χ0v) is 22.3. The van der Waals surface area contributed by atoms with E-state index in [1.165, 1.54) is 116 Å². The summed E-state index contributed by atoms with van der Waals surface area (Å²) >= 11 is 0. The smallest absolute Gasteiger partial charge is 0.303 e. The van der Waals surface area contributed by atoms with Gasteiger partial charge < -0.3 is 21.7 Å². The molecule has 0 rings (SSSR count). The van der Waals surface area contributed by atoms with Crippen molar-refractivity contribution in [2.75, 3.05) is 13.1 Å². The first-order valence-electron chi connectivity index (χ1n) is 14.4. The van der Waals surface area contributed by atoms with Gasteiger partial charge in [0.25, 0.3) is 0 Å². The molecule has 0 aliphatic rings. The highest BCUT2D eigenvalue weighted by molar-refractivity contribution is 5.66. The summed E-state index contributed by atoms with van der Waals surface area (Å²) in [5, 5.41) is 16.9. The molecule has 34 heavy (non-hydrogen) atoms. The lowest BCUT2D eigenvalue weighted by Crippen LogP contribution is -1.97. The second-order valence-corrected chi connectivity index (χ2v) is 9.64. The van der Waals surface area contributed by atoms with E-state index < -0.39 is 11.9 Å². The predicted octanol–water partition coefficient (Wildman–Crippen LogP) is 7.42. The molecule has 0 bridgehead atoms. The van der Waals surface area contributed by atoms with Crippen LogP contribution in [-0.4, -0.2) is 35.2 Å². The zero-order chi connectivity index (χ0) is 25.5. The van der Waals surface area contributed by atoms with Crippen LogP contribution in [0.1, 0.15) is 154 Å². The molecule has 204 valence electrons. The van der Waals surface area contributed by atoms with Crippen molar-refractivity contribution in [2.45, 2.75) is 154 Å². The molecule has 0 aliphatic carbocycles. The quantitative estimate of drug-likeness (QED) is 0.0942. The van der Waals surface area contributed by atoms with Gasteiger partial charge in [-0.15, -0.1) is 0 Å². The van der Waals surface area contributed by atoms with E-state index in [1.54, 1.807) is 0 Å². The molecule has 0 radical (unpaired) electrons. The van der Waals surface area contributed by atoms with Gasteiger partial charge in [0.2, 0.25) is 0 Å². The van der Waals surface area contributed by atoms with Crippen LogP contribution in [-0.2, 0) is 9.59 Å². The molecular formula is C28H58N2O4. The molecule has 0 atom stereocenters. The SMILES string of the molecule is NCCCCCCCCCCCCCC(=O)O.NCCCCCCCCCCCCCC(=O)O. The Morgan fingerprint density at radius 3 is 0.706 bits per heavy atom. The van der Waals surface area contributed by atoms with Crippen LogP contribution in [0.3, 0.4) is 0 Å². The standard InChI is InChI=1S/2C14H29NO2/c2*15-13-11-9-7-5-3-1-2-4-6-8-10-12-14(16)17/h2*1-13,15H2,(H,16,17). The van der Waals surface area contributed by atoms with Crippen LogP contribution >= 0.6 is 0 Å². The molecule has 0 aliphatic heterocycles. The van der Waals surface area contributed by atoms with Crippen LogP contribution in [0.5, 0.6) is 0 Å². The van der Waals surface area contributed by atoms with Crippen LogP contribution in [0.25, 0.3) is 0 Å². The Kier molecular flexibility index (Phi) is 32.8. The Bertz CT molecular complexity index is 381. The Balaban J connectivity index is 0. The molecule has 0 heterocycles. The molecule has 6 N–H and O–H groups in total. The van der Waals surface area contributed by atoms with Gasteiger partial charge in [-0.05, 0) is 38.8 Å². The number of carboxylic acids is 2. The Morgan fingerprint density at radius 1 is 0.353 bits per heavy atom. The number of hydrogen-bond donors (Lipinski definition) is 4. The number of rotatable bonds is 26. The third-order valence-electron chi connectivity index (χ3n) is 6.19. The van der Waals surface area contributed by atoms with E-state index in [-0.39, 0.29) is 0 Å². The van der Waals surface area contributed by atoms with Gasteiger partial charge in [0.05, 0.1) is 0 Å². The van der Waals surface area contributed by atoms with E-state index in [1.807, 2.05) is 0 Å². The first-order chi connectivity index (χ1) is 16.5. The largest absolute Gasteiger partial charge is 0.481 e. The van der Waals surface area contributed by atoms with E-state index in [9.17, 15) is 9.59 Å². The molecule has 0 aromatic carbocycles. The number of nitrogens with two attached hydrogens (primary N) is 2. The molecular weight excluding hydrogens is 428 g/mol. The van der Waals surface area contributed by atoms with Crippen molar-refractivity contribution >= 4 is 11.9 Å². The normalized spacial score (nSPS) is 10.6. The first-order valence-corrected chi connectivity index (χ1v) is 14.4. The van der Waals surface area contributed by atoms with Crippen LogP contribution in [0, 0.1) is 0 Å². The summed E-state index contributed by atoms with van der Waals surface area (Å²) in [7, 11) is 0. The lowest BCUT2D eigenvalue weighted by atomic mass is 10.1. The van der Waals surface area contributed by atoms with Crippen LogP contribution < -0.4 is 11.5 Å². The van der Waals surface area contributed by atoms with Gasteiger partial charge in [-0.2, -0.15) is 0 Å². The van der Waals surface area contributed by atoms with E-state index in [0.29, 0.717) is 12.8 Å². The second-order valence-electron chi connectivity index (χ2n) is 9.64. The van der Waals surface area contributed by atoms with Crippen LogP contribution in [0.4, 0.5) is 0 Å². The maximum absolute atomic E-state index is 10.3. The molecule has 0 spiro atoms. The Labute approximate surface area is 210 Å². The van der Waals surface area contributed by atoms with Gasteiger partial charge in [-0.1, -0.05) is 116 Å². The molecule has 0 saturated heterocycles. The van der Waals surface area contributed by atoms with Crippen molar-refractivity contribution in [3.05, 3.63) is 0 Å². The number of carbonyl (C=O) groups is 2. The predicted molar refractivity (Wildman–Crippen MR) is 144 cm³/mol. The molecule has 0 saturated carbocycles. The van der Waals surface area contributed by atoms with Crippen molar-refractivity contribution < 1.29 is 19.8 Å². The number of carboxylic acid groups (broad SMARTS) is 2. The topological polar surface area (TPSA) is 127 Å². The van der Waals surface area contributed by atoms with E-state index >= 15 is 0 Å². The highest BCUT2D eigenvalue weighted by Crippen LogP contribution is 2.12. The monoisotopic (exact) mass is 486 g/mol. The minimum absolute atomic E-state index is 0.334. The van der Waals surface area contributed by atoms with Crippen molar-refractivity contribution in [1.82, 2.24) is 0 Å². The lowest BCUT2D eigenvalue weighted by Gasteiger charge is -2.02.